The van der Waals surface area contributed by atoms with Crippen LogP contribution in [0.1, 0.15) is 16.8 Å². The van der Waals surface area contributed by atoms with Crippen LogP contribution in [0.3, 0.4) is 0 Å². The Morgan fingerprint density at radius 2 is 1.73 bits per heavy atom. The number of rotatable bonds is 4. The molecular formula is C21H19ClFN3O4. The maximum atomic E-state index is 13.2. The van der Waals surface area contributed by atoms with Gasteiger partial charge in [-0.05, 0) is 30.3 Å². The first-order valence-corrected chi connectivity index (χ1v) is 9.92. The summed E-state index contributed by atoms with van der Waals surface area (Å²) in [6.07, 6.45) is 0.154. The Bertz CT molecular complexity index is 1160. The van der Waals surface area contributed by atoms with Gasteiger partial charge in [0.05, 0.1) is 16.1 Å². The predicted octanol–water partition coefficient (Wildman–Crippen LogP) is 2.76. The molecule has 1 saturated heterocycles. The Labute approximate surface area is 176 Å². The number of amides is 2. The van der Waals surface area contributed by atoms with E-state index in [1.807, 2.05) is 0 Å². The molecule has 1 aliphatic rings. The van der Waals surface area contributed by atoms with Crippen LogP contribution in [0.2, 0.25) is 5.02 Å². The highest BCUT2D eigenvalue weighted by molar-refractivity contribution is 6.33. The number of aromatic nitrogens is 1. The van der Waals surface area contributed by atoms with E-state index >= 15 is 0 Å². The molecule has 0 radical (unpaired) electrons. The molecule has 0 bridgehead atoms. The number of piperazine rings is 1. The second-order valence-corrected chi connectivity index (χ2v) is 7.44. The van der Waals surface area contributed by atoms with E-state index in [2.05, 4.69) is 0 Å². The van der Waals surface area contributed by atoms with Crippen LogP contribution in [0.4, 0.5) is 4.39 Å². The summed E-state index contributed by atoms with van der Waals surface area (Å²) in [5.41, 5.74) is 1.38. The first-order chi connectivity index (χ1) is 14.4. The molecule has 30 heavy (non-hydrogen) atoms. The van der Waals surface area contributed by atoms with E-state index in [1.54, 1.807) is 34.1 Å². The molecule has 0 N–H and O–H groups in total. The average Bonchev–Trinajstić information content (AvgIpc) is 3.06. The minimum atomic E-state index is -0.503. The van der Waals surface area contributed by atoms with Crippen LogP contribution in [0.15, 0.2) is 51.7 Å². The van der Waals surface area contributed by atoms with E-state index < -0.39 is 11.6 Å². The Morgan fingerprint density at radius 1 is 1.03 bits per heavy atom. The normalized spacial score (nSPS) is 14.3. The van der Waals surface area contributed by atoms with Crippen LogP contribution in [-0.2, 0) is 11.3 Å². The zero-order chi connectivity index (χ0) is 21.3. The van der Waals surface area contributed by atoms with Crippen molar-refractivity contribution < 1.29 is 18.4 Å². The third kappa shape index (κ3) is 3.95. The average molecular weight is 432 g/mol. The van der Waals surface area contributed by atoms with Crippen LogP contribution < -0.4 is 5.76 Å². The van der Waals surface area contributed by atoms with Crippen molar-refractivity contribution in [2.45, 2.75) is 13.0 Å². The smallest absolute Gasteiger partial charge is 0.408 e. The lowest BCUT2D eigenvalue weighted by Gasteiger charge is -2.35. The third-order valence-electron chi connectivity index (χ3n) is 5.20. The molecule has 0 atom stereocenters. The highest BCUT2D eigenvalue weighted by atomic mass is 35.5. The van der Waals surface area contributed by atoms with Crippen LogP contribution in [0, 0.1) is 5.82 Å². The molecule has 1 aromatic heterocycles. The van der Waals surface area contributed by atoms with Crippen LogP contribution in [0.25, 0.3) is 11.1 Å². The Kier molecular flexibility index (Phi) is 5.59. The largest absolute Gasteiger partial charge is 0.419 e. The fraction of sp³-hybridized carbons (Fsp3) is 0.286. The van der Waals surface area contributed by atoms with Crippen LogP contribution in [-0.4, -0.2) is 52.4 Å². The van der Waals surface area contributed by atoms with Gasteiger partial charge < -0.3 is 14.2 Å². The monoisotopic (exact) mass is 431 g/mol. The maximum Gasteiger partial charge on any atom is 0.419 e. The molecule has 156 valence electrons. The van der Waals surface area contributed by atoms with E-state index in [0.717, 1.165) is 6.07 Å². The maximum absolute atomic E-state index is 13.2. The number of hydrogen-bond acceptors (Lipinski definition) is 4. The van der Waals surface area contributed by atoms with E-state index in [1.165, 1.54) is 16.7 Å². The zero-order valence-corrected chi connectivity index (χ0v) is 16.8. The quantitative estimate of drug-likeness (QED) is 0.636. The van der Waals surface area contributed by atoms with Gasteiger partial charge in [0.2, 0.25) is 5.91 Å². The van der Waals surface area contributed by atoms with Crippen molar-refractivity contribution in [3.8, 4) is 0 Å². The van der Waals surface area contributed by atoms with Gasteiger partial charge in [-0.1, -0.05) is 23.7 Å². The molecule has 2 heterocycles. The topological polar surface area (TPSA) is 75.8 Å². The van der Waals surface area contributed by atoms with E-state index in [9.17, 15) is 18.8 Å². The second kappa shape index (κ2) is 8.31. The van der Waals surface area contributed by atoms with Crippen LogP contribution >= 0.6 is 11.6 Å². The molecule has 2 amide bonds. The van der Waals surface area contributed by atoms with Gasteiger partial charge in [0.15, 0.2) is 5.58 Å². The number of para-hydroxylation sites is 2. The Hall–Kier alpha value is -3.13. The van der Waals surface area contributed by atoms with Gasteiger partial charge in [0, 0.05) is 39.1 Å². The molecular weight excluding hydrogens is 413 g/mol. The van der Waals surface area contributed by atoms with Crippen molar-refractivity contribution in [1.29, 1.82) is 0 Å². The lowest BCUT2D eigenvalue weighted by molar-refractivity contribution is -0.132. The van der Waals surface area contributed by atoms with Gasteiger partial charge in [-0.3, -0.25) is 14.2 Å². The molecule has 7 nitrogen and oxygen atoms in total. The van der Waals surface area contributed by atoms with Crippen molar-refractivity contribution in [2.24, 2.45) is 0 Å². The molecule has 1 fully saturated rings. The lowest BCUT2D eigenvalue weighted by atomic mass is 10.1. The van der Waals surface area contributed by atoms with Gasteiger partial charge in [-0.25, -0.2) is 9.18 Å². The lowest BCUT2D eigenvalue weighted by Crippen LogP contribution is -2.50. The van der Waals surface area contributed by atoms with Gasteiger partial charge in [-0.2, -0.15) is 0 Å². The van der Waals surface area contributed by atoms with Crippen molar-refractivity contribution in [3.05, 3.63) is 69.4 Å². The fourth-order valence-electron chi connectivity index (χ4n) is 3.58. The molecule has 0 aliphatic carbocycles. The molecule has 4 rings (SSSR count). The van der Waals surface area contributed by atoms with Gasteiger partial charge in [0.25, 0.3) is 5.91 Å². The number of oxazole rings is 1. The number of carbonyl (C=O) groups is 2. The van der Waals surface area contributed by atoms with E-state index in [4.69, 9.17) is 16.0 Å². The molecule has 0 saturated carbocycles. The third-order valence-corrected chi connectivity index (χ3v) is 5.52. The van der Waals surface area contributed by atoms with Gasteiger partial charge in [-0.15, -0.1) is 0 Å². The van der Waals surface area contributed by atoms with E-state index in [0.29, 0.717) is 37.3 Å². The highest BCUT2D eigenvalue weighted by Gasteiger charge is 2.26. The number of halogens is 2. The minimum Gasteiger partial charge on any atom is -0.408 e. The molecule has 9 heteroatoms. The number of aryl methyl sites for hydroxylation is 1. The summed E-state index contributed by atoms with van der Waals surface area (Å²) in [5, 5.41) is 0.0660. The summed E-state index contributed by atoms with van der Waals surface area (Å²) in [7, 11) is 0. The summed E-state index contributed by atoms with van der Waals surface area (Å²) >= 11 is 5.98. The summed E-state index contributed by atoms with van der Waals surface area (Å²) in [4.78, 5) is 40.5. The summed E-state index contributed by atoms with van der Waals surface area (Å²) < 4.78 is 19.8. The van der Waals surface area contributed by atoms with Gasteiger partial charge in [0.1, 0.15) is 5.82 Å². The minimum absolute atomic E-state index is 0.0660. The summed E-state index contributed by atoms with van der Waals surface area (Å²) in [6.45, 7) is 1.69. The first-order valence-electron chi connectivity index (χ1n) is 9.54. The molecule has 1 aliphatic heterocycles. The van der Waals surface area contributed by atoms with Crippen molar-refractivity contribution in [1.82, 2.24) is 14.4 Å². The predicted molar refractivity (Wildman–Crippen MR) is 109 cm³/mol. The highest BCUT2D eigenvalue weighted by Crippen LogP contribution is 2.20. The SMILES string of the molecule is O=C(CCn1c(=O)oc2ccccc21)N1CCN(C(=O)c2ccc(F)cc2Cl)CC1. The standard InChI is InChI=1S/C21H19ClFN3O4/c22-16-13-14(23)5-6-15(16)20(28)25-11-9-24(10-12-25)19(27)7-8-26-17-3-1-2-4-18(17)30-21(26)29/h1-6,13H,7-12H2. The van der Waals surface area contributed by atoms with Crippen molar-refractivity contribution >= 4 is 34.5 Å². The molecule has 3 aromatic rings. The molecule has 2 aromatic carbocycles. The second-order valence-electron chi connectivity index (χ2n) is 7.03. The number of carbonyl (C=O) groups excluding carboxylic acids is 2. The van der Waals surface area contributed by atoms with Gasteiger partial charge >= 0.3 is 5.76 Å². The summed E-state index contributed by atoms with van der Waals surface area (Å²) in [6, 6.07) is 10.7. The number of nitrogens with zero attached hydrogens (tertiary/aromatic N) is 3. The Balaban J connectivity index is 1.34. The molecule has 0 unspecified atom stereocenters. The molecule has 0 spiro atoms. The van der Waals surface area contributed by atoms with E-state index in [-0.39, 0.29) is 35.4 Å². The Morgan fingerprint density at radius 3 is 2.47 bits per heavy atom. The number of hydrogen-bond donors (Lipinski definition) is 0. The zero-order valence-electron chi connectivity index (χ0n) is 16.0. The summed E-state index contributed by atoms with van der Waals surface area (Å²) in [5.74, 6) is -1.38. The fourth-order valence-corrected chi connectivity index (χ4v) is 3.83. The van der Waals surface area contributed by atoms with Crippen molar-refractivity contribution in [2.75, 3.05) is 26.2 Å². The van der Waals surface area contributed by atoms with Crippen LogP contribution in [0.5, 0.6) is 0 Å². The van der Waals surface area contributed by atoms with Crippen molar-refractivity contribution in [3.63, 3.8) is 0 Å². The number of fused-ring (bicyclic) bond motifs is 1. The number of benzene rings is 2. The first kappa shape index (κ1) is 20.2.